The van der Waals surface area contributed by atoms with Gasteiger partial charge in [0.15, 0.2) is 0 Å². The van der Waals surface area contributed by atoms with Crippen molar-refractivity contribution in [1.82, 2.24) is 0 Å². The minimum atomic E-state index is -4.47. The second kappa shape index (κ2) is 8.72. The standard InChI is InChI=1S/C20H27O6PSi/c1-20(2,3)28(17-10-6-4-7-11-17,18-12-8-5-9-13-18)26-16(14-19(21)22)15-27(23,24)25/h4-13,16H,14-15H2,1-3H3,(H,21,22)(H2,23,24,25)/t16-/m0/s1. The van der Waals surface area contributed by atoms with Gasteiger partial charge < -0.3 is 19.3 Å². The van der Waals surface area contributed by atoms with Crippen LogP contribution in [0, 0.1) is 0 Å². The van der Waals surface area contributed by atoms with Crippen molar-refractivity contribution in [2.24, 2.45) is 0 Å². The third-order valence-corrected chi connectivity index (χ3v) is 10.6. The third-order valence-electron chi connectivity index (χ3n) is 4.60. The zero-order valence-corrected chi connectivity index (χ0v) is 18.2. The molecular formula is C20H27O6PSi. The molecule has 0 spiro atoms. The first-order chi connectivity index (χ1) is 13.0. The molecule has 0 heterocycles. The molecule has 0 aliphatic carbocycles. The van der Waals surface area contributed by atoms with Crippen molar-refractivity contribution in [3.8, 4) is 0 Å². The predicted octanol–water partition coefficient (Wildman–Crippen LogP) is 2.58. The van der Waals surface area contributed by atoms with Gasteiger partial charge in [-0.25, -0.2) is 0 Å². The molecule has 0 fully saturated rings. The van der Waals surface area contributed by atoms with Crippen LogP contribution in [0.5, 0.6) is 0 Å². The molecule has 0 unspecified atom stereocenters. The second-order valence-electron chi connectivity index (χ2n) is 7.85. The number of rotatable bonds is 8. The topological polar surface area (TPSA) is 104 Å². The highest BCUT2D eigenvalue weighted by atomic mass is 31.2. The summed E-state index contributed by atoms with van der Waals surface area (Å²) in [7, 11) is -7.55. The number of carboxylic acid groups (broad SMARTS) is 1. The van der Waals surface area contributed by atoms with Crippen molar-refractivity contribution in [2.75, 3.05) is 6.16 Å². The number of hydrogen-bond donors (Lipinski definition) is 3. The van der Waals surface area contributed by atoms with Crippen molar-refractivity contribution >= 4 is 32.3 Å². The fourth-order valence-corrected chi connectivity index (χ4v) is 9.10. The fourth-order valence-electron chi connectivity index (χ4n) is 3.54. The van der Waals surface area contributed by atoms with Crippen molar-refractivity contribution in [1.29, 1.82) is 0 Å². The molecule has 152 valence electrons. The zero-order chi connectivity index (χ0) is 21.0. The minimum Gasteiger partial charge on any atom is -0.481 e. The Morgan fingerprint density at radius 1 is 1.00 bits per heavy atom. The molecule has 0 amide bonds. The number of aliphatic carboxylic acids is 1. The molecule has 0 aliphatic rings. The maximum atomic E-state index is 11.7. The van der Waals surface area contributed by atoms with E-state index in [9.17, 15) is 24.3 Å². The summed E-state index contributed by atoms with van der Waals surface area (Å²) in [4.78, 5) is 30.4. The summed E-state index contributed by atoms with van der Waals surface area (Å²) in [6, 6.07) is 19.1. The Morgan fingerprint density at radius 2 is 1.43 bits per heavy atom. The maximum absolute atomic E-state index is 11.7. The van der Waals surface area contributed by atoms with Gasteiger partial charge in [-0.1, -0.05) is 81.4 Å². The molecule has 2 rings (SSSR count). The van der Waals surface area contributed by atoms with Crippen molar-refractivity contribution in [2.45, 2.75) is 38.3 Å². The van der Waals surface area contributed by atoms with E-state index in [1.54, 1.807) is 0 Å². The molecule has 6 nitrogen and oxygen atoms in total. The first-order valence-electron chi connectivity index (χ1n) is 9.01. The molecule has 0 aliphatic heterocycles. The van der Waals surface area contributed by atoms with Gasteiger partial charge in [0, 0.05) is 0 Å². The lowest BCUT2D eigenvalue weighted by molar-refractivity contribution is -0.138. The largest absolute Gasteiger partial charge is 0.481 e. The van der Waals surface area contributed by atoms with Gasteiger partial charge in [0.2, 0.25) is 0 Å². The molecular weight excluding hydrogens is 395 g/mol. The normalized spacial score (nSPS) is 13.9. The van der Waals surface area contributed by atoms with Crippen LogP contribution in [0.15, 0.2) is 60.7 Å². The maximum Gasteiger partial charge on any atom is 0.328 e. The summed E-state index contributed by atoms with van der Waals surface area (Å²) in [6.07, 6.45) is -2.22. The lowest BCUT2D eigenvalue weighted by Gasteiger charge is -2.45. The number of benzene rings is 2. The molecule has 1 atom stereocenters. The van der Waals surface area contributed by atoms with Crippen molar-refractivity contribution in [3.63, 3.8) is 0 Å². The summed E-state index contributed by atoms with van der Waals surface area (Å²) in [5, 5.41) is 10.7. The second-order valence-corrected chi connectivity index (χ2v) is 13.8. The Labute approximate surface area is 166 Å². The minimum absolute atomic E-state index is 0.415. The van der Waals surface area contributed by atoms with E-state index in [2.05, 4.69) is 0 Å². The molecule has 2 aromatic rings. The van der Waals surface area contributed by atoms with E-state index in [4.69, 9.17) is 4.43 Å². The molecule has 0 bridgehead atoms. The van der Waals surface area contributed by atoms with Crippen molar-refractivity contribution < 1.29 is 28.7 Å². The van der Waals surface area contributed by atoms with Crippen LogP contribution in [-0.2, 0) is 13.8 Å². The highest BCUT2D eigenvalue weighted by Gasteiger charge is 2.52. The summed E-state index contributed by atoms with van der Waals surface area (Å²) in [5.74, 6) is -1.16. The molecule has 28 heavy (non-hydrogen) atoms. The monoisotopic (exact) mass is 422 g/mol. The van der Waals surface area contributed by atoms with Crippen LogP contribution in [0.2, 0.25) is 5.04 Å². The lowest BCUT2D eigenvalue weighted by atomic mass is 10.2. The molecule has 2 aromatic carbocycles. The Hall–Kier alpha value is -1.76. The van der Waals surface area contributed by atoms with Crippen LogP contribution >= 0.6 is 7.60 Å². The number of carbonyl (C=O) groups is 1. The summed E-state index contributed by atoms with van der Waals surface area (Å²) < 4.78 is 18.2. The SMILES string of the molecule is CC(C)(C)[Si](O[C@@H](CC(=O)O)CP(=O)(O)O)(c1ccccc1)c1ccccc1. The third kappa shape index (κ3) is 5.40. The molecule has 0 saturated carbocycles. The molecule has 3 N–H and O–H groups in total. The van der Waals surface area contributed by atoms with Crippen LogP contribution in [0.3, 0.4) is 0 Å². The number of carboxylic acids is 1. The van der Waals surface area contributed by atoms with E-state index in [1.807, 2.05) is 81.4 Å². The lowest BCUT2D eigenvalue weighted by Crippen LogP contribution is -2.68. The van der Waals surface area contributed by atoms with Crippen molar-refractivity contribution in [3.05, 3.63) is 60.7 Å². The van der Waals surface area contributed by atoms with Crippen LogP contribution < -0.4 is 10.4 Å². The highest BCUT2D eigenvalue weighted by Crippen LogP contribution is 2.41. The van der Waals surface area contributed by atoms with Gasteiger partial charge in [0.1, 0.15) is 0 Å². The van der Waals surface area contributed by atoms with E-state index in [0.29, 0.717) is 0 Å². The van der Waals surface area contributed by atoms with Crippen LogP contribution in [0.1, 0.15) is 27.2 Å². The first kappa shape index (κ1) is 22.5. The van der Waals surface area contributed by atoms with Gasteiger partial charge in [-0.15, -0.1) is 0 Å². The Kier molecular flexibility index (Phi) is 7.01. The van der Waals surface area contributed by atoms with Gasteiger partial charge in [0.25, 0.3) is 8.32 Å². The Morgan fingerprint density at radius 3 is 1.75 bits per heavy atom. The fraction of sp³-hybridized carbons (Fsp3) is 0.350. The van der Waals surface area contributed by atoms with Crippen LogP contribution in [0.25, 0.3) is 0 Å². The molecule has 0 saturated heterocycles. The quantitative estimate of drug-likeness (QED) is 0.446. The van der Waals surface area contributed by atoms with E-state index in [0.717, 1.165) is 10.4 Å². The summed E-state index contributed by atoms with van der Waals surface area (Å²) in [6.45, 7) is 6.07. The average molecular weight is 422 g/mol. The predicted molar refractivity (Wildman–Crippen MR) is 112 cm³/mol. The van der Waals surface area contributed by atoms with E-state index >= 15 is 0 Å². The van der Waals surface area contributed by atoms with Gasteiger partial charge in [0.05, 0.1) is 18.7 Å². The van der Waals surface area contributed by atoms with Gasteiger partial charge in [-0.2, -0.15) is 0 Å². The summed E-state index contributed by atoms with van der Waals surface area (Å²) >= 11 is 0. The van der Waals surface area contributed by atoms with E-state index in [1.165, 1.54) is 0 Å². The first-order valence-corrected chi connectivity index (χ1v) is 12.7. The van der Waals surface area contributed by atoms with Crippen LogP contribution in [-0.4, -0.2) is 41.4 Å². The van der Waals surface area contributed by atoms with Crippen LogP contribution in [0.4, 0.5) is 0 Å². The molecule has 8 heteroatoms. The molecule has 0 aromatic heterocycles. The van der Waals surface area contributed by atoms with E-state index < -0.39 is 45.6 Å². The van der Waals surface area contributed by atoms with Gasteiger partial charge >= 0.3 is 13.6 Å². The smallest absolute Gasteiger partial charge is 0.328 e. The highest BCUT2D eigenvalue weighted by molar-refractivity contribution is 7.51. The number of hydrogen-bond acceptors (Lipinski definition) is 3. The van der Waals surface area contributed by atoms with E-state index in [-0.39, 0.29) is 0 Å². The molecule has 0 radical (unpaired) electrons. The average Bonchev–Trinajstić information content (AvgIpc) is 2.58. The Balaban J connectivity index is 2.69. The zero-order valence-electron chi connectivity index (χ0n) is 16.3. The Bertz CT molecular complexity index is 789. The van der Waals surface area contributed by atoms with Gasteiger partial charge in [-0.3, -0.25) is 9.36 Å². The van der Waals surface area contributed by atoms with Gasteiger partial charge in [-0.05, 0) is 15.4 Å². The summed E-state index contributed by atoms with van der Waals surface area (Å²) in [5.41, 5.74) is 0.